The van der Waals surface area contributed by atoms with Crippen LogP contribution in [-0.2, 0) is 24.0 Å². The van der Waals surface area contributed by atoms with Gasteiger partial charge in [0.25, 0.3) is 0 Å². The molecule has 4 unspecified atom stereocenters. The third-order valence-electron chi connectivity index (χ3n) is 4.45. The standard InChI is InChI=1S/C19H35N7O7S/c1-9(2)6-10(20)15(29)24-11(4-3-5-23-19(21)22)16(30)25-12(7-14(27)28)17(31)26-13(8-34)18(32)33/h9-13,34H,3-8,20H2,1-2H3,(H,24,29)(H,25,30)(H,26,31)(H,27,28)(H,32,33)(H4,21,22,23). The first-order valence-electron chi connectivity index (χ1n) is 10.6. The summed E-state index contributed by atoms with van der Waals surface area (Å²) in [6, 6.07) is -5.07. The summed E-state index contributed by atoms with van der Waals surface area (Å²) in [5.74, 6) is -5.57. The first-order chi connectivity index (χ1) is 15.8. The lowest BCUT2D eigenvalue weighted by molar-refractivity contribution is -0.143. The molecule has 0 bridgehead atoms. The van der Waals surface area contributed by atoms with Gasteiger partial charge < -0.3 is 43.4 Å². The quantitative estimate of drug-likeness (QED) is 0.0456. The van der Waals surface area contributed by atoms with Crippen LogP contribution in [0, 0.1) is 5.92 Å². The fourth-order valence-electron chi connectivity index (χ4n) is 2.78. The van der Waals surface area contributed by atoms with Crippen molar-refractivity contribution in [2.45, 2.75) is 63.7 Å². The molecule has 14 nitrogen and oxygen atoms in total. The SMILES string of the molecule is CC(C)CC(N)C(=O)NC(CCCN=C(N)N)C(=O)NC(CC(=O)O)C(=O)NC(CS)C(=O)O. The normalized spacial score (nSPS) is 14.3. The number of hydrogen-bond acceptors (Lipinski definition) is 8. The molecule has 0 saturated carbocycles. The van der Waals surface area contributed by atoms with Crippen LogP contribution in [0.2, 0.25) is 0 Å². The highest BCUT2D eigenvalue weighted by Crippen LogP contribution is 2.06. The van der Waals surface area contributed by atoms with E-state index in [-0.39, 0.29) is 37.0 Å². The van der Waals surface area contributed by atoms with E-state index in [1.54, 1.807) is 0 Å². The van der Waals surface area contributed by atoms with Crippen molar-refractivity contribution >= 4 is 48.2 Å². The van der Waals surface area contributed by atoms with Gasteiger partial charge in [0.2, 0.25) is 17.7 Å². The number of thiol groups is 1. The summed E-state index contributed by atoms with van der Waals surface area (Å²) in [7, 11) is 0. The second-order valence-corrected chi connectivity index (χ2v) is 8.35. The summed E-state index contributed by atoms with van der Waals surface area (Å²) in [5.41, 5.74) is 16.4. The number of carboxylic acid groups (broad SMARTS) is 2. The fraction of sp³-hybridized carbons (Fsp3) is 0.684. The second-order valence-electron chi connectivity index (χ2n) is 7.99. The fourth-order valence-corrected chi connectivity index (χ4v) is 3.03. The minimum atomic E-state index is -1.60. The number of nitrogens with zero attached hydrogens (tertiary/aromatic N) is 1. The van der Waals surface area contributed by atoms with Gasteiger partial charge in [-0.25, -0.2) is 4.79 Å². The summed E-state index contributed by atoms with van der Waals surface area (Å²) in [4.78, 5) is 63.9. The van der Waals surface area contributed by atoms with Crippen LogP contribution in [0.4, 0.5) is 0 Å². The van der Waals surface area contributed by atoms with Gasteiger partial charge in [-0.1, -0.05) is 13.8 Å². The Kier molecular flexibility index (Phi) is 14.3. The lowest BCUT2D eigenvalue weighted by Gasteiger charge is -2.24. The zero-order valence-electron chi connectivity index (χ0n) is 19.2. The Hall–Kier alpha value is -3.07. The summed E-state index contributed by atoms with van der Waals surface area (Å²) in [6.45, 7) is 3.90. The third kappa shape index (κ3) is 12.8. The molecule has 194 valence electrons. The molecule has 0 aromatic carbocycles. The molecule has 3 amide bonds. The van der Waals surface area contributed by atoms with Gasteiger partial charge in [-0.05, 0) is 25.2 Å². The predicted octanol–water partition coefficient (Wildman–Crippen LogP) is -2.64. The smallest absolute Gasteiger partial charge is 0.327 e. The molecular formula is C19H35N7O7S. The number of amides is 3. The van der Waals surface area contributed by atoms with Crippen LogP contribution in [0.1, 0.15) is 39.5 Å². The van der Waals surface area contributed by atoms with Crippen LogP contribution in [-0.4, -0.2) is 82.3 Å². The van der Waals surface area contributed by atoms with E-state index >= 15 is 0 Å². The Morgan fingerprint density at radius 3 is 1.91 bits per heavy atom. The van der Waals surface area contributed by atoms with Crippen LogP contribution in [0.3, 0.4) is 0 Å². The molecule has 11 N–H and O–H groups in total. The zero-order chi connectivity index (χ0) is 26.4. The van der Waals surface area contributed by atoms with Crippen LogP contribution < -0.4 is 33.2 Å². The highest BCUT2D eigenvalue weighted by atomic mass is 32.1. The third-order valence-corrected chi connectivity index (χ3v) is 4.81. The monoisotopic (exact) mass is 505 g/mol. The summed E-state index contributed by atoms with van der Waals surface area (Å²) in [6.07, 6.45) is -0.138. The minimum Gasteiger partial charge on any atom is -0.481 e. The average molecular weight is 506 g/mol. The molecule has 15 heteroatoms. The molecule has 0 aromatic rings. The molecule has 0 spiro atoms. The zero-order valence-corrected chi connectivity index (χ0v) is 20.1. The number of nitrogens with one attached hydrogen (secondary N) is 3. The largest absolute Gasteiger partial charge is 0.481 e. The van der Waals surface area contributed by atoms with Crippen LogP contribution in [0.25, 0.3) is 0 Å². The number of carbonyl (C=O) groups excluding carboxylic acids is 3. The molecule has 0 aliphatic heterocycles. The topological polar surface area (TPSA) is 252 Å². The molecule has 0 aromatic heterocycles. The van der Waals surface area contributed by atoms with E-state index in [9.17, 15) is 24.0 Å². The van der Waals surface area contributed by atoms with Gasteiger partial charge in [-0.2, -0.15) is 12.6 Å². The van der Waals surface area contributed by atoms with Crippen molar-refractivity contribution < 1.29 is 34.2 Å². The van der Waals surface area contributed by atoms with E-state index in [1.165, 1.54) is 0 Å². The molecule has 0 fully saturated rings. The molecular weight excluding hydrogens is 470 g/mol. The Morgan fingerprint density at radius 1 is 0.912 bits per heavy atom. The maximum absolute atomic E-state index is 12.9. The van der Waals surface area contributed by atoms with Crippen molar-refractivity contribution in [3.63, 3.8) is 0 Å². The molecule has 0 heterocycles. The molecule has 4 atom stereocenters. The summed E-state index contributed by atoms with van der Waals surface area (Å²) < 4.78 is 0. The average Bonchev–Trinajstić information content (AvgIpc) is 2.71. The van der Waals surface area contributed by atoms with Gasteiger partial charge in [0.1, 0.15) is 18.1 Å². The van der Waals surface area contributed by atoms with Crippen LogP contribution in [0.5, 0.6) is 0 Å². The lowest BCUT2D eigenvalue weighted by Crippen LogP contribution is -2.57. The van der Waals surface area contributed by atoms with Gasteiger partial charge in [-0.15, -0.1) is 0 Å². The first kappa shape index (κ1) is 30.9. The first-order valence-corrected chi connectivity index (χ1v) is 11.2. The number of carboxylic acids is 2. The maximum atomic E-state index is 12.9. The number of guanidine groups is 1. The number of aliphatic imine (C=N–C) groups is 1. The Morgan fingerprint density at radius 2 is 1.44 bits per heavy atom. The van der Waals surface area contributed by atoms with Gasteiger partial charge in [0, 0.05) is 12.3 Å². The van der Waals surface area contributed by atoms with Gasteiger partial charge >= 0.3 is 11.9 Å². The highest BCUT2D eigenvalue weighted by molar-refractivity contribution is 7.80. The molecule has 0 aliphatic rings. The number of carbonyl (C=O) groups is 5. The van der Waals surface area contributed by atoms with Crippen molar-refractivity contribution in [1.82, 2.24) is 16.0 Å². The minimum absolute atomic E-state index is 0.0541. The van der Waals surface area contributed by atoms with Crippen molar-refractivity contribution in [3.05, 3.63) is 0 Å². The molecule has 0 rings (SSSR count). The molecule has 34 heavy (non-hydrogen) atoms. The Balaban J connectivity index is 5.54. The van der Waals surface area contributed by atoms with Gasteiger partial charge in [0.15, 0.2) is 5.96 Å². The summed E-state index contributed by atoms with van der Waals surface area (Å²) in [5, 5.41) is 25.1. The van der Waals surface area contributed by atoms with Crippen LogP contribution in [0.15, 0.2) is 4.99 Å². The molecule has 0 aliphatic carbocycles. The van der Waals surface area contributed by atoms with E-state index in [0.29, 0.717) is 6.42 Å². The van der Waals surface area contributed by atoms with E-state index in [0.717, 1.165) is 0 Å². The highest BCUT2D eigenvalue weighted by Gasteiger charge is 2.31. The molecule has 0 saturated heterocycles. The maximum Gasteiger partial charge on any atom is 0.327 e. The van der Waals surface area contributed by atoms with Crippen molar-refractivity contribution in [2.24, 2.45) is 28.1 Å². The number of hydrogen-bond donors (Lipinski definition) is 9. The number of nitrogens with two attached hydrogens (primary N) is 3. The Labute approximate surface area is 202 Å². The van der Waals surface area contributed by atoms with Gasteiger partial charge in [0.05, 0.1) is 12.5 Å². The van der Waals surface area contributed by atoms with Crippen molar-refractivity contribution in [2.75, 3.05) is 12.3 Å². The Bertz CT molecular complexity index is 759. The van der Waals surface area contributed by atoms with E-state index in [4.69, 9.17) is 27.4 Å². The van der Waals surface area contributed by atoms with Gasteiger partial charge in [-0.3, -0.25) is 24.2 Å². The second kappa shape index (κ2) is 15.7. The van der Waals surface area contributed by atoms with E-state index < -0.39 is 60.2 Å². The van der Waals surface area contributed by atoms with Crippen molar-refractivity contribution in [3.8, 4) is 0 Å². The molecule has 0 radical (unpaired) electrons. The lowest BCUT2D eigenvalue weighted by atomic mass is 10.0. The summed E-state index contributed by atoms with van der Waals surface area (Å²) >= 11 is 3.83. The van der Waals surface area contributed by atoms with Crippen molar-refractivity contribution in [1.29, 1.82) is 0 Å². The van der Waals surface area contributed by atoms with E-state index in [2.05, 4.69) is 33.6 Å². The van der Waals surface area contributed by atoms with E-state index in [1.807, 2.05) is 13.8 Å². The number of aliphatic carboxylic acids is 2. The van der Waals surface area contributed by atoms with Crippen LogP contribution >= 0.6 is 12.6 Å². The predicted molar refractivity (Wildman–Crippen MR) is 127 cm³/mol. The number of rotatable bonds is 16.